The Morgan fingerprint density at radius 1 is 1.26 bits per heavy atom. The summed E-state index contributed by atoms with van der Waals surface area (Å²) in [6.07, 6.45) is 0. The van der Waals surface area contributed by atoms with Gasteiger partial charge in [0.1, 0.15) is 6.61 Å². The molecule has 1 heterocycles. The molecule has 0 unspecified atom stereocenters. The molecule has 0 saturated carbocycles. The van der Waals surface area contributed by atoms with Gasteiger partial charge in [0.05, 0.1) is 0 Å². The van der Waals surface area contributed by atoms with E-state index in [-0.39, 0.29) is 0 Å². The van der Waals surface area contributed by atoms with Gasteiger partial charge < -0.3 is 10.1 Å². The highest BCUT2D eigenvalue weighted by molar-refractivity contribution is 5.27. The van der Waals surface area contributed by atoms with Gasteiger partial charge in [0, 0.05) is 24.3 Å². The van der Waals surface area contributed by atoms with Crippen LogP contribution in [0.25, 0.3) is 0 Å². The molecule has 1 aromatic heterocycles. The molecule has 4 nitrogen and oxygen atoms in total. The van der Waals surface area contributed by atoms with Crippen molar-refractivity contribution in [2.24, 2.45) is 0 Å². The van der Waals surface area contributed by atoms with Crippen LogP contribution in [0.5, 0.6) is 5.88 Å². The van der Waals surface area contributed by atoms with E-state index in [0.29, 0.717) is 18.5 Å². The second-order valence-corrected chi connectivity index (χ2v) is 4.98. The Balaban J connectivity index is 1.99. The van der Waals surface area contributed by atoms with E-state index in [1.165, 1.54) is 11.1 Å². The molecule has 102 valence electrons. The number of ether oxygens (including phenoxy) is 1. The maximum atomic E-state index is 5.69. The Labute approximate surface area is 114 Å². The molecule has 19 heavy (non-hydrogen) atoms. The van der Waals surface area contributed by atoms with Crippen LogP contribution in [0.15, 0.2) is 30.3 Å². The first-order chi connectivity index (χ1) is 9.15. The molecule has 0 bridgehead atoms. The molecule has 4 heteroatoms. The fourth-order valence-electron chi connectivity index (χ4n) is 1.80. The number of hydrogen-bond donors (Lipinski definition) is 2. The van der Waals surface area contributed by atoms with Crippen molar-refractivity contribution in [3.8, 4) is 5.88 Å². The van der Waals surface area contributed by atoms with Crippen molar-refractivity contribution < 1.29 is 4.74 Å². The molecule has 0 aliphatic heterocycles. The molecule has 2 rings (SSSR count). The quantitative estimate of drug-likeness (QED) is 0.838. The van der Waals surface area contributed by atoms with Crippen LogP contribution in [0.4, 0.5) is 0 Å². The van der Waals surface area contributed by atoms with Gasteiger partial charge in [0.2, 0.25) is 5.88 Å². The Kier molecular flexibility index (Phi) is 4.58. The molecule has 2 N–H and O–H groups in total. The number of nitrogens with one attached hydrogen (secondary N) is 2. The highest BCUT2D eigenvalue weighted by Gasteiger charge is 2.05. The van der Waals surface area contributed by atoms with Crippen molar-refractivity contribution >= 4 is 0 Å². The van der Waals surface area contributed by atoms with Crippen molar-refractivity contribution in [2.75, 3.05) is 0 Å². The van der Waals surface area contributed by atoms with Crippen LogP contribution in [-0.2, 0) is 13.2 Å². The Hall–Kier alpha value is -1.81. The molecule has 0 spiro atoms. The molecular weight excluding hydrogens is 238 g/mol. The van der Waals surface area contributed by atoms with Crippen molar-refractivity contribution in [3.05, 3.63) is 47.2 Å². The van der Waals surface area contributed by atoms with E-state index in [4.69, 9.17) is 4.74 Å². The number of aryl methyl sites for hydroxylation is 1. The van der Waals surface area contributed by atoms with Crippen LogP contribution in [0.1, 0.15) is 30.7 Å². The van der Waals surface area contributed by atoms with Crippen LogP contribution >= 0.6 is 0 Å². The van der Waals surface area contributed by atoms with E-state index < -0.39 is 0 Å². The molecule has 0 amide bonds. The summed E-state index contributed by atoms with van der Waals surface area (Å²) in [6, 6.07) is 10.7. The van der Waals surface area contributed by atoms with E-state index in [9.17, 15) is 0 Å². The number of rotatable bonds is 6. The van der Waals surface area contributed by atoms with Gasteiger partial charge in [-0.25, -0.2) is 0 Å². The summed E-state index contributed by atoms with van der Waals surface area (Å²) in [6.45, 7) is 7.65. The third-order valence-corrected chi connectivity index (χ3v) is 2.88. The molecule has 2 aromatic rings. The van der Waals surface area contributed by atoms with Gasteiger partial charge in [0.25, 0.3) is 0 Å². The van der Waals surface area contributed by atoms with Crippen molar-refractivity contribution in [2.45, 2.75) is 40.0 Å². The smallest absolute Gasteiger partial charge is 0.233 e. The molecule has 0 aliphatic carbocycles. The largest absolute Gasteiger partial charge is 0.472 e. The van der Waals surface area contributed by atoms with Gasteiger partial charge in [0.15, 0.2) is 0 Å². The van der Waals surface area contributed by atoms with Crippen LogP contribution < -0.4 is 10.1 Å². The second kappa shape index (κ2) is 6.38. The first kappa shape index (κ1) is 13.6. The molecule has 0 aliphatic rings. The van der Waals surface area contributed by atoms with Crippen molar-refractivity contribution in [3.63, 3.8) is 0 Å². The minimum absolute atomic E-state index is 0.475. The topological polar surface area (TPSA) is 49.9 Å². The highest BCUT2D eigenvalue weighted by Crippen LogP contribution is 2.13. The lowest BCUT2D eigenvalue weighted by molar-refractivity contribution is 0.292. The number of benzene rings is 1. The monoisotopic (exact) mass is 259 g/mol. The van der Waals surface area contributed by atoms with E-state index in [1.807, 2.05) is 19.1 Å². The van der Waals surface area contributed by atoms with E-state index in [2.05, 4.69) is 47.6 Å². The lowest BCUT2D eigenvalue weighted by Gasteiger charge is -2.12. The van der Waals surface area contributed by atoms with E-state index in [0.717, 1.165) is 12.2 Å². The molecule has 0 fully saturated rings. The fourth-order valence-corrected chi connectivity index (χ4v) is 1.80. The number of aromatic amines is 1. The summed E-state index contributed by atoms with van der Waals surface area (Å²) in [5.41, 5.74) is 3.46. The molecule has 0 saturated heterocycles. The van der Waals surface area contributed by atoms with E-state index >= 15 is 0 Å². The van der Waals surface area contributed by atoms with Crippen molar-refractivity contribution in [1.82, 2.24) is 15.5 Å². The molecule has 0 radical (unpaired) electrons. The zero-order valence-corrected chi connectivity index (χ0v) is 11.7. The normalized spacial score (nSPS) is 10.9. The van der Waals surface area contributed by atoms with Gasteiger partial charge in [-0.1, -0.05) is 38.1 Å². The van der Waals surface area contributed by atoms with Crippen molar-refractivity contribution in [1.29, 1.82) is 0 Å². The van der Waals surface area contributed by atoms with Crippen LogP contribution in [-0.4, -0.2) is 16.2 Å². The Morgan fingerprint density at radius 3 is 2.63 bits per heavy atom. The summed E-state index contributed by atoms with van der Waals surface area (Å²) in [4.78, 5) is 0. The lowest BCUT2D eigenvalue weighted by Crippen LogP contribution is -2.22. The zero-order chi connectivity index (χ0) is 13.7. The summed E-state index contributed by atoms with van der Waals surface area (Å²) < 4.78 is 5.69. The summed E-state index contributed by atoms with van der Waals surface area (Å²) in [7, 11) is 0. The summed E-state index contributed by atoms with van der Waals surface area (Å²) in [5.74, 6) is 0.643. The first-order valence-corrected chi connectivity index (χ1v) is 6.60. The Bertz CT molecular complexity index is 520. The minimum Gasteiger partial charge on any atom is -0.472 e. The second-order valence-electron chi connectivity index (χ2n) is 4.98. The maximum Gasteiger partial charge on any atom is 0.233 e. The van der Waals surface area contributed by atoms with Gasteiger partial charge in [-0.2, -0.15) is 0 Å². The minimum atomic E-state index is 0.475. The summed E-state index contributed by atoms with van der Waals surface area (Å²) in [5, 5.41) is 10.4. The number of nitrogens with zero attached hydrogens (tertiary/aromatic N) is 1. The predicted octanol–water partition coefficient (Wildman–Crippen LogP) is 2.80. The van der Waals surface area contributed by atoms with Gasteiger partial charge >= 0.3 is 0 Å². The highest BCUT2D eigenvalue weighted by atomic mass is 16.5. The number of H-pyrrole nitrogens is 1. The van der Waals surface area contributed by atoms with Gasteiger partial charge in [-0.15, -0.1) is 5.10 Å². The number of hydrogen-bond acceptors (Lipinski definition) is 3. The maximum absolute atomic E-state index is 5.69. The van der Waals surface area contributed by atoms with Crippen LogP contribution in [0.2, 0.25) is 0 Å². The molecule has 1 aromatic carbocycles. The Morgan fingerprint density at radius 2 is 2.00 bits per heavy atom. The first-order valence-electron chi connectivity index (χ1n) is 6.60. The summed E-state index contributed by atoms with van der Waals surface area (Å²) >= 11 is 0. The molecular formula is C15H21N3O. The molecule has 0 atom stereocenters. The standard InChI is InChI=1S/C15H21N3O/c1-11(2)16-9-13-6-4-5-7-14(13)10-19-15-8-12(3)17-18-15/h4-8,11,16H,9-10H2,1-3H3,(H,17,18). The van der Waals surface area contributed by atoms with Gasteiger partial charge in [-0.3, -0.25) is 5.10 Å². The third kappa shape index (κ3) is 4.10. The van der Waals surface area contributed by atoms with Crippen LogP contribution in [0.3, 0.4) is 0 Å². The van der Waals surface area contributed by atoms with Crippen LogP contribution in [0, 0.1) is 6.92 Å². The average Bonchev–Trinajstić information content (AvgIpc) is 2.80. The lowest BCUT2D eigenvalue weighted by atomic mass is 10.1. The average molecular weight is 259 g/mol. The fraction of sp³-hybridized carbons (Fsp3) is 0.400. The zero-order valence-electron chi connectivity index (χ0n) is 11.7. The number of aromatic nitrogens is 2. The van der Waals surface area contributed by atoms with E-state index in [1.54, 1.807) is 0 Å². The SMILES string of the molecule is Cc1cc(OCc2ccccc2CNC(C)C)n[nH]1. The third-order valence-electron chi connectivity index (χ3n) is 2.88. The van der Waals surface area contributed by atoms with Gasteiger partial charge in [-0.05, 0) is 18.1 Å². The predicted molar refractivity (Wildman–Crippen MR) is 76.1 cm³/mol.